The maximum Gasteiger partial charge on any atom is 0.494 e. The Morgan fingerprint density at radius 2 is 0.421 bits per heavy atom. The lowest BCUT2D eigenvalue weighted by Crippen LogP contribution is -2.41. The van der Waals surface area contributed by atoms with Gasteiger partial charge in [0.05, 0.1) is 30.8 Å². The molecule has 0 spiro atoms. The highest BCUT2D eigenvalue weighted by molar-refractivity contribution is 7.91. The zero-order valence-corrected chi connectivity index (χ0v) is 56.0. The van der Waals surface area contributed by atoms with E-state index < -0.39 is 19.7 Å². The van der Waals surface area contributed by atoms with Crippen molar-refractivity contribution in [3.8, 4) is 89.0 Å². The van der Waals surface area contributed by atoms with Crippen molar-refractivity contribution in [2.75, 3.05) is 0 Å². The molecular formula is C84H67BCl2O6S2. The van der Waals surface area contributed by atoms with Crippen molar-refractivity contribution in [3.05, 3.63) is 344 Å². The molecule has 1 fully saturated rings. The Morgan fingerprint density at radius 3 is 0.632 bits per heavy atom. The third kappa shape index (κ3) is 15.3. The minimum atomic E-state index is -3.74. The third-order valence-corrected chi connectivity index (χ3v) is 21.3. The zero-order chi connectivity index (χ0) is 66.2. The Labute approximate surface area is 568 Å². The number of hydrogen-bond acceptors (Lipinski definition) is 6. The van der Waals surface area contributed by atoms with Gasteiger partial charge in [-0.15, -0.1) is 0 Å². The van der Waals surface area contributed by atoms with Crippen LogP contribution >= 0.6 is 23.2 Å². The summed E-state index contributed by atoms with van der Waals surface area (Å²) >= 11 is 11.4. The van der Waals surface area contributed by atoms with Gasteiger partial charge in [0, 0.05) is 10.0 Å². The van der Waals surface area contributed by atoms with Crippen LogP contribution in [0.25, 0.3) is 89.0 Å². The molecule has 0 unspecified atom stereocenters. The highest BCUT2D eigenvalue weighted by atomic mass is 35.5. The molecule has 1 aliphatic heterocycles. The van der Waals surface area contributed by atoms with E-state index in [4.69, 9.17) is 32.5 Å². The smallest absolute Gasteiger partial charge is 0.399 e. The molecule has 0 aromatic heterocycles. The van der Waals surface area contributed by atoms with Crippen LogP contribution in [0, 0.1) is 0 Å². The van der Waals surface area contributed by atoms with Crippen LogP contribution < -0.4 is 5.46 Å². The fourth-order valence-corrected chi connectivity index (χ4v) is 14.1. The average Bonchev–Trinajstić information content (AvgIpc) is 1.76. The molecule has 0 bridgehead atoms. The van der Waals surface area contributed by atoms with Crippen LogP contribution in [0.1, 0.15) is 27.7 Å². The normalized spacial score (nSPS) is 13.2. The molecule has 6 nitrogen and oxygen atoms in total. The molecule has 0 aliphatic carbocycles. The standard InChI is InChI=1S/C48H34O2S.C24H25BO2.C12H8Cl2O2S/c49-51(50,47-25-21-39(22-26-47)45-31-41(35-13-5-1-6-14-35)29-42(32-45)36-15-7-2-8-16-36)48-27-23-40(24-28-48)46-33-43(37-17-9-3-10-18-37)30-44(34-46)38-19-11-4-12-20-38;1-23(2)24(3,4)27-25(26-23)22-16-20(18-11-7-5-8-12-18)15-21(17-22)19-13-9-6-10-14-19;13-9-1-5-11(6-2-9)17(15,16)12-7-3-10(14)4-8-12/h1-34H;5-17H,1-4H3;1-8H. The summed E-state index contributed by atoms with van der Waals surface area (Å²) in [6, 6.07) is 108. The van der Waals surface area contributed by atoms with E-state index >= 15 is 0 Å². The number of halogens is 2. The summed E-state index contributed by atoms with van der Waals surface area (Å²) in [5.41, 5.74) is 17.9. The topological polar surface area (TPSA) is 86.7 Å². The van der Waals surface area contributed by atoms with Crippen molar-refractivity contribution in [2.45, 2.75) is 58.5 Å². The molecule has 95 heavy (non-hydrogen) atoms. The van der Waals surface area contributed by atoms with E-state index in [2.05, 4.69) is 179 Å². The van der Waals surface area contributed by atoms with E-state index in [0.717, 1.165) is 72.2 Å². The van der Waals surface area contributed by atoms with Crippen LogP contribution in [0.5, 0.6) is 0 Å². The summed E-state index contributed by atoms with van der Waals surface area (Å²) in [6.45, 7) is 8.36. The molecule has 0 amide bonds. The van der Waals surface area contributed by atoms with Gasteiger partial charge in [0.15, 0.2) is 0 Å². The highest BCUT2D eigenvalue weighted by Crippen LogP contribution is 2.39. The average molecular weight is 1320 g/mol. The molecule has 0 saturated carbocycles. The van der Waals surface area contributed by atoms with E-state index in [1.165, 1.54) is 46.5 Å². The van der Waals surface area contributed by atoms with Crippen molar-refractivity contribution in [3.63, 3.8) is 0 Å². The molecule has 1 saturated heterocycles. The van der Waals surface area contributed by atoms with Gasteiger partial charge in [-0.25, -0.2) is 16.8 Å². The lowest BCUT2D eigenvalue weighted by molar-refractivity contribution is 0.00578. The van der Waals surface area contributed by atoms with Gasteiger partial charge >= 0.3 is 7.12 Å². The summed E-state index contributed by atoms with van der Waals surface area (Å²) in [5.74, 6) is 0. The Kier molecular flexibility index (Phi) is 19.6. The predicted molar refractivity (Wildman–Crippen MR) is 392 cm³/mol. The molecule has 13 aromatic rings. The van der Waals surface area contributed by atoms with E-state index in [0.29, 0.717) is 10.0 Å². The Bertz CT molecular complexity index is 4570. The molecule has 0 N–H and O–H groups in total. The van der Waals surface area contributed by atoms with E-state index in [1.54, 1.807) is 48.5 Å². The molecule has 11 heteroatoms. The quantitative estimate of drug-likeness (QED) is 0.107. The van der Waals surface area contributed by atoms with Gasteiger partial charge in [0.2, 0.25) is 19.7 Å². The van der Waals surface area contributed by atoms with E-state index in [-0.39, 0.29) is 37.9 Å². The molecule has 14 rings (SSSR count). The minimum absolute atomic E-state index is 0.212. The van der Waals surface area contributed by atoms with Crippen LogP contribution in [0.4, 0.5) is 0 Å². The first kappa shape index (κ1) is 65.4. The SMILES string of the molecule is CC1(C)OB(c2cc(-c3ccccc3)cc(-c3ccccc3)c2)OC1(C)C.O=S(=O)(c1ccc(-c2cc(-c3ccccc3)cc(-c3ccccc3)c2)cc1)c1ccc(-c2cc(-c3ccccc3)cc(-c3ccccc3)c2)cc1.O=S(=O)(c1ccc(Cl)cc1)c1ccc(Cl)cc1. The van der Waals surface area contributed by atoms with Crippen molar-refractivity contribution in [1.29, 1.82) is 0 Å². The van der Waals surface area contributed by atoms with Crippen molar-refractivity contribution < 1.29 is 26.1 Å². The lowest BCUT2D eigenvalue weighted by atomic mass is 9.76. The Morgan fingerprint density at radius 1 is 0.242 bits per heavy atom. The van der Waals surface area contributed by atoms with Crippen LogP contribution in [0.15, 0.2) is 353 Å². The number of benzene rings is 13. The molecule has 1 heterocycles. The van der Waals surface area contributed by atoms with Gasteiger partial charge < -0.3 is 9.31 Å². The summed E-state index contributed by atoms with van der Waals surface area (Å²) in [5, 5.41) is 1.00. The summed E-state index contributed by atoms with van der Waals surface area (Å²) in [6.07, 6.45) is 0. The van der Waals surface area contributed by atoms with Crippen LogP contribution in [-0.2, 0) is 29.0 Å². The van der Waals surface area contributed by atoms with Crippen molar-refractivity contribution >= 4 is 55.5 Å². The highest BCUT2D eigenvalue weighted by Gasteiger charge is 2.52. The molecule has 0 radical (unpaired) electrons. The van der Waals surface area contributed by atoms with Gasteiger partial charge in [-0.1, -0.05) is 242 Å². The monoisotopic (exact) mass is 1320 g/mol. The predicted octanol–water partition coefficient (Wildman–Crippen LogP) is 21.7. The van der Waals surface area contributed by atoms with Crippen molar-refractivity contribution in [2.24, 2.45) is 0 Å². The molecule has 1 aliphatic rings. The number of rotatable bonds is 13. The van der Waals surface area contributed by atoms with Gasteiger partial charge in [-0.05, 0) is 237 Å². The van der Waals surface area contributed by atoms with Gasteiger partial charge in [-0.3, -0.25) is 0 Å². The summed E-state index contributed by atoms with van der Waals surface area (Å²) in [4.78, 5) is 0.950. The number of hydrogen-bond donors (Lipinski definition) is 0. The first-order valence-corrected chi connectivity index (χ1v) is 34.9. The Balaban J connectivity index is 0.000000162. The first-order chi connectivity index (χ1) is 45.9. The second-order valence-corrected chi connectivity index (χ2v) is 29.0. The lowest BCUT2D eigenvalue weighted by Gasteiger charge is -2.32. The maximum absolute atomic E-state index is 13.9. The van der Waals surface area contributed by atoms with Crippen molar-refractivity contribution in [1.82, 2.24) is 0 Å². The summed E-state index contributed by atoms with van der Waals surface area (Å²) in [7, 11) is -7.61. The third-order valence-electron chi connectivity index (χ3n) is 17.2. The Hall–Kier alpha value is -9.68. The van der Waals surface area contributed by atoms with E-state index in [9.17, 15) is 16.8 Å². The minimum Gasteiger partial charge on any atom is -0.399 e. The van der Waals surface area contributed by atoms with Crippen LogP contribution in [0.3, 0.4) is 0 Å². The fourth-order valence-electron chi connectivity index (χ4n) is 11.3. The summed E-state index contributed by atoms with van der Waals surface area (Å²) < 4.78 is 64.7. The number of sulfone groups is 2. The molecule has 468 valence electrons. The van der Waals surface area contributed by atoms with Gasteiger partial charge in [-0.2, -0.15) is 0 Å². The molecular weight excluding hydrogens is 1250 g/mol. The fraction of sp³-hybridized carbons (Fsp3) is 0.0714. The van der Waals surface area contributed by atoms with E-state index in [1.807, 2.05) is 109 Å². The molecule has 0 atom stereocenters. The first-order valence-electron chi connectivity index (χ1n) is 31.2. The second-order valence-electron chi connectivity index (χ2n) is 24.2. The molecule has 13 aromatic carbocycles. The second kappa shape index (κ2) is 28.5. The van der Waals surface area contributed by atoms with Crippen LogP contribution in [0.2, 0.25) is 10.0 Å². The zero-order valence-electron chi connectivity index (χ0n) is 52.9. The largest absolute Gasteiger partial charge is 0.494 e. The van der Waals surface area contributed by atoms with Crippen LogP contribution in [-0.4, -0.2) is 35.2 Å². The van der Waals surface area contributed by atoms with Gasteiger partial charge in [0.25, 0.3) is 0 Å². The van der Waals surface area contributed by atoms with Gasteiger partial charge in [0.1, 0.15) is 0 Å². The maximum atomic E-state index is 13.9.